The number of carboxylic acid groups (broad SMARTS) is 1. The Morgan fingerprint density at radius 3 is 2.57 bits per heavy atom. The highest BCUT2D eigenvalue weighted by atomic mass is 16.4. The van der Waals surface area contributed by atoms with Gasteiger partial charge < -0.3 is 10.2 Å². The second-order valence-electron chi connectivity index (χ2n) is 4.80. The summed E-state index contributed by atoms with van der Waals surface area (Å²) in [5, 5.41) is 18.2. The number of aromatic carboxylic acids is 1. The van der Waals surface area contributed by atoms with Crippen LogP contribution in [0.1, 0.15) is 21.5 Å². The first-order valence-corrected chi connectivity index (χ1v) is 6.73. The molecule has 5 heteroatoms. The number of aliphatic hydroxyl groups is 1. The molecule has 0 atom stereocenters. The first-order valence-electron chi connectivity index (χ1n) is 6.73. The minimum atomic E-state index is -0.933. The van der Waals surface area contributed by atoms with Gasteiger partial charge in [0.2, 0.25) is 0 Å². The van der Waals surface area contributed by atoms with E-state index in [1.54, 1.807) is 30.6 Å². The van der Waals surface area contributed by atoms with Crippen molar-refractivity contribution in [1.82, 2.24) is 9.88 Å². The van der Waals surface area contributed by atoms with Gasteiger partial charge in [0.25, 0.3) is 0 Å². The summed E-state index contributed by atoms with van der Waals surface area (Å²) in [6, 6.07) is 10.7. The highest BCUT2D eigenvalue weighted by Crippen LogP contribution is 2.11. The van der Waals surface area contributed by atoms with Crippen molar-refractivity contribution < 1.29 is 15.0 Å². The first kappa shape index (κ1) is 15.2. The molecule has 0 amide bonds. The molecule has 110 valence electrons. The van der Waals surface area contributed by atoms with Gasteiger partial charge >= 0.3 is 5.97 Å². The average molecular weight is 286 g/mol. The third-order valence-corrected chi connectivity index (χ3v) is 3.13. The second kappa shape index (κ2) is 7.52. The number of benzene rings is 1. The normalized spacial score (nSPS) is 10.8. The standard InChI is InChI=1S/C16H18N2O3/c19-8-7-18(12-14-4-2-6-17-10-14)11-13-3-1-5-15(9-13)16(20)21/h1-6,9-10,19H,7-8,11-12H2,(H,20,21). The summed E-state index contributed by atoms with van der Waals surface area (Å²) in [7, 11) is 0. The van der Waals surface area contributed by atoms with Crippen LogP contribution in [-0.2, 0) is 13.1 Å². The Morgan fingerprint density at radius 2 is 1.90 bits per heavy atom. The maximum Gasteiger partial charge on any atom is 0.335 e. The average Bonchev–Trinajstić information content (AvgIpc) is 2.49. The number of aromatic nitrogens is 1. The van der Waals surface area contributed by atoms with Gasteiger partial charge in [-0.3, -0.25) is 9.88 Å². The van der Waals surface area contributed by atoms with E-state index in [0.717, 1.165) is 11.1 Å². The van der Waals surface area contributed by atoms with Gasteiger partial charge in [0, 0.05) is 32.0 Å². The van der Waals surface area contributed by atoms with E-state index in [2.05, 4.69) is 9.88 Å². The highest BCUT2D eigenvalue weighted by Gasteiger charge is 2.09. The fraction of sp³-hybridized carbons (Fsp3) is 0.250. The van der Waals surface area contributed by atoms with Crippen LogP contribution in [0.2, 0.25) is 0 Å². The molecule has 0 bridgehead atoms. The minimum Gasteiger partial charge on any atom is -0.478 e. The summed E-state index contributed by atoms with van der Waals surface area (Å²) in [6.45, 7) is 1.81. The van der Waals surface area contributed by atoms with Crippen molar-refractivity contribution in [3.8, 4) is 0 Å². The fourth-order valence-electron chi connectivity index (χ4n) is 2.17. The van der Waals surface area contributed by atoms with Crippen LogP contribution < -0.4 is 0 Å². The van der Waals surface area contributed by atoms with Crippen molar-refractivity contribution in [2.75, 3.05) is 13.2 Å². The van der Waals surface area contributed by atoms with Crippen molar-refractivity contribution in [3.05, 3.63) is 65.5 Å². The Labute approximate surface area is 123 Å². The predicted octanol–water partition coefficient (Wildman–Crippen LogP) is 1.77. The number of nitrogens with zero attached hydrogens (tertiary/aromatic N) is 2. The maximum absolute atomic E-state index is 11.0. The summed E-state index contributed by atoms with van der Waals surface area (Å²) >= 11 is 0. The van der Waals surface area contributed by atoms with Crippen molar-refractivity contribution in [2.45, 2.75) is 13.1 Å². The Hall–Kier alpha value is -2.24. The van der Waals surface area contributed by atoms with E-state index in [-0.39, 0.29) is 12.2 Å². The number of carboxylic acids is 1. The second-order valence-corrected chi connectivity index (χ2v) is 4.80. The van der Waals surface area contributed by atoms with Crippen LogP contribution in [0.4, 0.5) is 0 Å². The van der Waals surface area contributed by atoms with Gasteiger partial charge in [-0.15, -0.1) is 0 Å². The van der Waals surface area contributed by atoms with Crippen LogP contribution >= 0.6 is 0 Å². The predicted molar refractivity (Wildman–Crippen MR) is 78.8 cm³/mol. The molecular weight excluding hydrogens is 268 g/mol. The van der Waals surface area contributed by atoms with Crippen LogP contribution in [0.5, 0.6) is 0 Å². The quantitative estimate of drug-likeness (QED) is 0.811. The minimum absolute atomic E-state index is 0.0544. The van der Waals surface area contributed by atoms with E-state index < -0.39 is 5.97 Å². The number of pyridine rings is 1. The zero-order valence-electron chi connectivity index (χ0n) is 11.6. The molecule has 2 aromatic rings. The molecule has 0 aliphatic rings. The van der Waals surface area contributed by atoms with Gasteiger partial charge in [0.15, 0.2) is 0 Å². The SMILES string of the molecule is O=C(O)c1cccc(CN(CCO)Cc2cccnc2)c1. The largest absolute Gasteiger partial charge is 0.478 e. The molecule has 0 aliphatic carbocycles. The number of hydrogen-bond acceptors (Lipinski definition) is 4. The zero-order chi connectivity index (χ0) is 15.1. The third kappa shape index (κ3) is 4.66. The van der Waals surface area contributed by atoms with Crippen molar-refractivity contribution in [1.29, 1.82) is 0 Å². The molecular formula is C16H18N2O3. The van der Waals surface area contributed by atoms with Crippen LogP contribution in [0, 0.1) is 0 Å². The van der Waals surface area contributed by atoms with E-state index >= 15 is 0 Å². The fourth-order valence-corrected chi connectivity index (χ4v) is 2.17. The monoisotopic (exact) mass is 286 g/mol. The molecule has 2 rings (SSSR count). The number of hydrogen-bond donors (Lipinski definition) is 2. The summed E-state index contributed by atoms with van der Waals surface area (Å²) < 4.78 is 0. The Bertz CT molecular complexity index is 587. The van der Waals surface area contributed by atoms with Crippen molar-refractivity contribution in [2.24, 2.45) is 0 Å². The van der Waals surface area contributed by atoms with Crippen LogP contribution in [0.25, 0.3) is 0 Å². The Balaban J connectivity index is 2.09. The Kier molecular flexibility index (Phi) is 5.43. The molecule has 1 aromatic heterocycles. The van der Waals surface area contributed by atoms with E-state index in [0.29, 0.717) is 19.6 Å². The van der Waals surface area contributed by atoms with Crippen LogP contribution in [-0.4, -0.2) is 39.2 Å². The van der Waals surface area contributed by atoms with E-state index in [9.17, 15) is 9.90 Å². The maximum atomic E-state index is 11.0. The summed E-state index contributed by atoms with van der Waals surface area (Å²) in [6.07, 6.45) is 3.51. The van der Waals surface area contributed by atoms with Crippen molar-refractivity contribution in [3.63, 3.8) is 0 Å². The van der Waals surface area contributed by atoms with E-state index in [1.165, 1.54) is 0 Å². The lowest BCUT2D eigenvalue weighted by Gasteiger charge is -2.21. The van der Waals surface area contributed by atoms with Gasteiger partial charge in [-0.25, -0.2) is 4.79 Å². The molecule has 0 unspecified atom stereocenters. The first-order chi connectivity index (χ1) is 10.2. The summed E-state index contributed by atoms with van der Waals surface area (Å²) in [5.41, 5.74) is 2.24. The lowest BCUT2D eigenvalue weighted by Crippen LogP contribution is -2.26. The number of rotatable bonds is 7. The number of aliphatic hydroxyl groups excluding tert-OH is 1. The zero-order valence-corrected chi connectivity index (χ0v) is 11.6. The summed E-state index contributed by atoms with van der Waals surface area (Å²) in [4.78, 5) is 17.1. The van der Waals surface area contributed by atoms with Gasteiger partial charge in [0.1, 0.15) is 0 Å². The van der Waals surface area contributed by atoms with Crippen molar-refractivity contribution >= 4 is 5.97 Å². The lowest BCUT2D eigenvalue weighted by atomic mass is 10.1. The molecule has 0 saturated heterocycles. The molecule has 21 heavy (non-hydrogen) atoms. The topological polar surface area (TPSA) is 73.7 Å². The number of carbonyl (C=O) groups is 1. The molecule has 5 nitrogen and oxygen atoms in total. The highest BCUT2D eigenvalue weighted by molar-refractivity contribution is 5.87. The molecule has 0 saturated carbocycles. The molecule has 0 fully saturated rings. The lowest BCUT2D eigenvalue weighted by molar-refractivity contribution is 0.0696. The van der Waals surface area contributed by atoms with Gasteiger partial charge in [-0.05, 0) is 29.3 Å². The Morgan fingerprint density at radius 1 is 1.14 bits per heavy atom. The van der Waals surface area contributed by atoms with Gasteiger partial charge in [-0.2, -0.15) is 0 Å². The molecule has 0 radical (unpaired) electrons. The van der Waals surface area contributed by atoms with E-state index in [4.69, 9.17) is 5.11 Å². The molecule has 0 aliphatic heterocycles. The smallest absolute Gasteiger partial charge is 0.335 e. The van der Waals surface area contributed by atoms with Crippen LogP contribution in [0.15, 0.2) is 48.8 Å². The van der Waals surface area contributed by atoms with Gasteiger partial charge in [-0.1, -0.05) is 18.2 Å². The van der Waals surface area contributed by atoms with Crippen LogP contribution in [0.3, 0.4) is 0 Å². The van der Waals surface area contributed by atoms with Gasteiger partial charge in [0.05, 0.1) is 12.2 Å². The molecule has 1 aromatic carbocycles. The molecule has 2 N–H and O–H groups in total. The molecule has 1 heterocycles. The molecule has 0 spiro atoms. The van der Waals surface area contributed by atoms with E-state index in [1.807, 2.05) is 18.2 Å². The summed E-state index contributed by atoms with van der Waals surface area (Å²) in [5.74, 6) is -0.933. The third-order valence-electron chi connectivity index (χ3n) is 3.13.